The number of phenols is 1. The molecule has 0 saturated carbocycles. The van der Waals surface area contributed by atoms with Crippen LogP contribution < -0.4 is 5.32 Å². The minimum absolute atomic E-state index is 0.0816. The minimum Gasteiger partial charge on any atom is -0.507 e. The smallest absolute Gasteiger partial charge is 0.341 e. The van der Waals surface area contributed by atoms with Crippen molar-refractivity contribution in [3.8, 4) is 5.75 Å². The van der Waals surface area contributed by atoms with E-state index in [1.54, 1.807) is 13.0 Å². The minimum atomic E-state index is -0.588. The number of anilines is 1. The van der Waals surface area contributed by atoms with E-state index in [4.69, 9.17) is 9.47 Å². The van der Waals surface area contributed by atoms with E-state index in [0.29, 0.717) is 31.9 Å². The molecule has 7 nitrogen and oxygen atoms in total. The summed E-state index contributed by atoms with van der Waals surface area (Å²) in [5, 5.41) is 12.6. The number of carbonyl (C=O) groups is 2. The van der Waals surface area contributed by atoms with E-state index in [1.165, 1.54) is 12.1 Å². The fraction of sp³-hybridized carbons (Fsp3) is 0.500. The number of ether oxygens (including phenoxy) is 2. The van der Waals surface area contributed by atoms with Gasteiger partial charge in [0.25, 0.3) is 0 Å². The van der Waals surface area contributed by atoms with Gasteiger partial charge in [-0.15, -0.1) is 0 Å². The van der Waals surface area contributed by atoms with Crippen LogP contribution in [0.1, 0.15) is 23.7 Å². The Kier molecular flexibility index (Phi) is 6.37. The largest absolute Gasteiger partial charge is 0.507 e. The summed E-state index contributed by atoms with van der Waals surface area (Å²) in [6.07, 6.45) is 0.361. The van der Waals surface area contributed by atoms with Crippen molar-refractivity contribution in [3.63, 3.8) is 0 Å². The average molecular weight is 322 g/mol. The van der Waals surface area contributed by atoms with E-state index in [9.17, 15) is 14.7 Å². The van der Waals surface area contributed by atoms with Gasteiger partial charge in [0.1, 0.15) is 11.3 Å². The molecule has 1 aliphatic heterocycles. The van der Waals surface area contributed by atoms with E-state index in [0.717, 1.165) is 13.1 Å². The molecule has 0 aromatic heterocycles. The SMILES string of the molecule is CCOC(=O)c1ccc(NC(=O)CCN2CCOCC2)cc1O. The van der Waals surface area contributed by atoms with Gasteiger partial charge in [0, 0.05) is 37.8 Å². The van der Waals surface area contributed by atoms with Crippen molar-refractivity contribution in [2.75, 3.05) is 44.8 Å². The monoisotopic (exact) mass is 322 g/mol. The van der Waals surface area contributed by atoms with Gasteiger partial charge in [0.2, 0.25) is 5.91 Å². The lowest BCUT2D eigenvalue weighted by Gasteiger charge is -2.26. The number of amides is 1. The van der Waals surface area contributed by atoms with Gasteiger partial charge in [-0.2, -0.15) is 0 Å². The van der Waals surface area contributed by atoms with E-state index < -0.39 is 5.97 Å². The molecule has 1 heterocycles. The standard InChI is InChI=1S/C16H22N2O5/c1-2-23-16(21)13-4-3-12(11-14(13)19)17-15(20)5-6-18-7-9-22-10-8-18/h3-4,11,19H,2,5-10H2,1H3,(H,17,20). The molecule has 1 saturated heterocycles. The topological polar surface area (TPSA) is 88.1 Å². The maximum atomic E-state index is 11.9. The van der Waals surface area contributed by atoms with Crippen LogP contribution in [0, 0.1) is 0 Å². The third kappa shape index (κ3) is 5.22. The number of hydrogen-bond acceptors (Lipinski definition) is 6. The molecule has 23 heavy (non-hydrogen) atoms. The molecule has 1 aliphatic rings. The Bertz CT molecular complexity index is 555. The molecule has 0 unspecified atom stereocenters. The quantitative estimate of drug-likeness (QED) is 0.766. The first-order chi connectivity index (χ1) is 11.1. The molecule has 1 aromatic carbocycles. The van der Waals surface area contributed by atoms with Crippen molar-refractivity contribution in [1.82, 2.24) is 4.90 Å². The normalized spacial score (nSPS) is 15.2. The predicted molar refractivity (Wildman–Crippen MR) is 84.6 cm³/mol. The number of morpholine rings is 1. The Morgan fingerprint density at radius 3 is 2.74 bits per heavy atom. The number of nitrogens with zero attached hydrogens (tertiary/aromatic N) is 1. The van der Waals surface area contributed by atoms with E-state index in [-0.39, 0.29) is 23.8 Å². The molecule has 126 valence electrons. The molecule has 7 heteroatoms. The maximum absolute atomic E-state index is 11.9. The molecule has 2 N–H and O–H groups in total. The highest BCUT2D eigenvalue weighted by Gasteiger charge is 2.14. The number of carbonyl (C=O) groups excluding carboxylic acids is 2. The Balaban J connectivity index is 1.85. The number of hydrogen-bond donors (Lipinski definition) is 2. The van der Waals surface area contributed by atoms with Crippen molar-refractivity contribution in [2.24, 2.45) is 0 Å². The van der Waals surface area contributed by atoms with Crippen LogP contribution in [0.3, 0.4) is 0 Å². The maximum Gasteiger partial charge on any atom is 0.341 e. The molecular formula is C16H22N2O5. The number of nitrogens with one attached hydrogen (secondary N) is 1. The third-order valence-electron chi connectivity index (χ3n) is 3.54. The van der Waals surface area contributed by atoms with Crippen LogP contribution in [0.4, 0.5) is 5.69 Å². The van der Waals surface area contributed by atoms with Gasteiger partial charge in [0.05, 0.1) is 19.8 Å². The first-order valence-corrected chi connectivity index (χ1v) is 7.70. The second-order valence-electron chi connectivity index (χ2n) is 5.20. The molecule has 1 fully saturated rings. The second kappa shape index (κ2) is 8.50. The van der Waals surface area contributed by atoms with Crippen molar-refractivity contribution in [1.29, 1.82) is 0 Å². The van der Waals surface area contributed by atoms with Crippen LogP contribution in [0.5, 0.6) is 5.75 Å². The molecule has 0 aliphatic carbocycles. The van der Waals surface area contributed by atoms with Crippen LogP contribution in [-0.2, 0) is 14.3 Å². The van der Waals surface area contributed by atoms with Crippen LogP contribution in [-0.4, -0.2) is 61.3 Å². The van der Waals surface area contributed by atoms with E-state index in [1.807, 2.05) is 0 Å². The third-order valence-corrected chi connectivity index (χ3v) is 3.54. The van der Waals surface area contributed by atoms with Gasteiger partial charge in [-0.05, 0) is 19.1 Å². The zero-order valence-electron chi connectivity index (χ0n) is 13.2. The lowest BCUT2D eigenvalue weighted by Crippen LogP contribution is -2.38. The predicted octanol–water partition coefficient (Wildman–Crippen LogP) is 1.23. The average Bonchev–Trinajstić information content (AvgIpc) is 2.54. The lowest BCUT2D eigenvalue weighted by molar-refractivity contribution is -0.116. The first-order valence-electron chi connectivity index (χ1n) is 7.70. The zero-order chi connectivity index (χ0) is 16.7. The summed E-state index contributed by atoms with van der Waals surface area (Å²) >= 11 is 0. The van der Waals surface area contributed by atoms with E-state index in [2.05, 4.69) is 10.2 Å². The molecule has 2 rings (SSSR count). The first kappa shape index (κ1) is 17.2. The van der Waals surface area contributed by atoms with Gasteiger partial charge in [0.15, 0.2) is 0 Å². The lowest BCUT2D eigenvalue weighted by atomic mass is 10.2. The van der Waals surface area contributed by atoms with Gasteiger partial charge >= 0.3 is 5.97 Å². The summed E-state index contributed by atoms with van der Waals surface area (Å²) < 4.78 is 10.1. The summed E-state index contributed by atoms with van der Waals surface area (Å²) in [5.74, 6) is -0.940. The molecule has 0 radical (unpaired) electrons. The summed E-state index contributed by atoms with van der Waals surface area (Å²) in [4.78, 5) is 25.7. The highest BCUT2D eigenvalue weighted by atomic mass is 16.5. The van der Waals surface area contributed by atoms with Gasteiger partial charge < -0.3 is 19.9 Å². The molecule has 1 amide bonds. The Hall–Kier alpha value is -2.12. The molecule has 1 aromatic rings. The number of rotatable bonds is 6. The molecule has 0 bridgehead atoms. The molecular weight excluding hydrogens is 300 g/mol. The summed E-state index contributed by atoms with van der Waals surface area (Å²) in [6.45, 7) is 5.67. The summed E-state index contributed by atoms with van der Waals surface area (Å²) in [7, 11) is 0. The number of benzene rings is 1. The Morgan fingerprint density at radius 1 is 1.35 bits per heavy atom. The van der Waals surface area contributed by atoms with Crippen LogP contribution >= 0.6 is 0 Å². The fourth-order valence-corrected chi connectivity index (χ4v) is 2.30. The highest BCUT2D eigenvalue weighted by Crippen LogP contribution is 2.23. The second-order valence-corrected chi connectivity index (χ2v) is 5.20. The van der Waals surface area contributed by atoms with Gasteiger partial charge in [-0.3, -0.25) is 9.69 Å². The van der Waals surface area contributed by atoms with Crippen LogP contribution in [0.15, 0.2) is 18.2 Å². The Morgan fingerprint density at radius 2 is 2.09 bits per heavy atom. The zero-order valence-corrected chi connectivity index (χ0v) is 13.2. The van der Waals surface area contributed by atoms with Crippen molar-refractivity contribution in [3.05, 3.63) is 23.8 Å². The number of phenolic OH excluding ortho intramolecular Hbond substituents is 1. The van der Waals surface area contributed by atoms with Crippen LogP contribution in [0.25, 0.3) is 0 Å². The van der Waals surface area contributed by atoms with Gasteiger partial charge in [-0.1, -0.05) is 0 Å². The van der Waals surface area contributed by atoms with Crippen molar-refractivity contribution < 1.29 is 24.2 Å². The number of aromatic hydroxyl groups is 1. The highest BCUT2D eigenvalue weighted by molar-refractivity contribution is 5.95. The molecule has 0 atom stereocenters. The Labute approximate surface area is 135 Å². The molecule has 0 spiro atoms. The summed E-state index contributed by atoms with van der Waals surface area (Å²) in [6, 6.07) is 4.35. The van der Waals surface area contributed by atoms with Crippen LogP contribution in [0.2, 0.25) is 0 Å². The number of esters is 1. The fourth-order valence-electron chi connectivity index (χ4n) is 2.30. The van der Waals surface area contributed by atoms with Crippen molar-refractivity contribution >= 4 is 17.6 Å². The summed E-state index contributed by atoms with van der Waals surface area (Å²) in [5.41, 5.74) is 0.528. The van der Waals surface area contributed by atoms with Gasteiger partial charge in [-0.25, -0.2) is 4.79 Å². The van der Waals surface area contributed by atoms with E-state index >= 15 is 0 Å². The van der Waals surface area contributed by atoms with Crippen molar-refractivity contribution in [2.45, 2.75) is 13.3 Å².